The van der Waals surface area contributed by atoms with Gasteiger partial charge in [-0.25, -0.2) is 4.98 Å². The van der Waals surface area contributed by atoms with Crippen LogP contribution in [0.3, 0.4) is 0 Å². The third-order valence-corrected chi connectivity index (χ3v) is 3.05. The van der Waals surface area contributed by atoms with E-state index < -0.39 is 11.2 Å². The number of aliphatic hydroxyl groups excluding tert-OH is 1. The van der Waals surface area contributed by atoms with Crippen molar-refractivity contribution in [2.75, 3.05) is 6.61 Å². The van der Waals surface area contributed by atoms with E-state index in [1.807, 2.05) is 0 Å². The Morgan fingerprint density at radius 1 is 1.47 bits per heavy atom. The van der Waals surface area contributed by atoms with E-state index in [1.165, 1.54) is 12.3 Å². The number of hydrogen-bond acceptors (Lipinski definition) is 5. The van der Waals surface area contributed by atoms with Gasteiger partial charge < -0.3 is 14.4 Å². The molecule has 0 aromatic carbocycles. The first kappa shape index (κ1) is 11.8. The highest BCUT2D eigenvalue weighted by atomic mass is 16.6. The lowest BCUT2D eigenvalue weighted by molar-refractivity contribution is -0.383. The molecule has 0 spiro atoms. The summed E-state index contributed by atoms with van der Waals surface area (Å²) < 4.78 is 7.26. The zero-order valence-electron chi connectivity index (χ0n) is 9.84. The topological polar surface area (TPSA) is 90.4 Å². The standard InChI is InChI=1S/C12H11N3O4/c16-7-8-1-2-11(19-8)14-6-4-9-10(15(17)18)3-5-13-12(9)14/h1-6,8,11,16H,7H2/t8-,11+/m0/s1. The van der Waals surface area contributed by atoms with Crippen LogP contribution < -0.4 is 0 Å². The molecule has 0 bridgehead atoms. The largest absolute Gasteiger partial charge is 0.393 e. The third-order valence-electron chi connectivity index (χ3n) is 3.05. The van der Waals surface area contributed by atoms with Gasteiger partial charge in [-0.15, -0.1) is 0 Å². The van der Waals surface area contributed by atoms with Gasteiger partial charge in [0, 0.05) is 18.5 Å². The van der Waals surface area contributed by atoms with Gasteiger partial charge in [0.2, 0.25) is 0 Å². The Hall–Kier alpha value is -2.25. The molecule has 0 radical (unpaired) electrons. The van der Waals surface area contributed by atoms with E-state index in [-0.39, 0.29) is 18.4 Å². The summed E-state index contributed by atoms with van der Waals surface area (Å²) in [5, 5.41) is 20.4. The van der Waals surface area contributed by atoms with Crippen LogP contribution in [0.15, 0.2) is 36.7 Å². The van der Waals surface area contributed by atoms with Crippen LogP contribution >= 0.6 is 0 Å². The molecule has 2 aromatic heterocycles. The molecule has 1 aliphatic rings. The Labute approximate surface area is 107 Å². The van der Waals surface area contributed by atoms with Crippen molar-refractivity contribution in [3.05, 3.63) is 46.8 Å². The van der Waals surface area contributed by atoms with E-state index in [4.69, 9.17) is 9.84 Å². The number of rotatable bonds is 3. The predicted octanol–water partition coefficient (Wildman–Crippen LogP) is 1.39. The second-order valence-electron chi connectivity index (χ2n) is 4.18. The minimum Gasteiger partial charge on any atom is -0.393 e. The first-order valence-electron chi connectivity index (χ1n) is 5.75. The summed E-state index contributed by atoms with van der Waals surface area (Å²) in [5.41, 5.74) is 0.506. The molecule has 0 saturated heterocycles. The summed E-state index contributed by atoms with van der Waals surface area (Å²) in [5.74, 6) is 0. The predicted molar refractivity (Wildman–Crippen MR) is 66.5 cm³/mol. The molecule has 0 amide bonds. The van der Waals surface area contributed by atoms with Crippen LogP contribution in [-0.2, 0) is 4.74 Å². The van der Waals surface area contributed by atoms with E-state index in [0.29, 0.717) is 11.0 Å². The Bertz CT molecular complexity index is 664. The summed E-state index contributed by atoms with van der Waals surface area (Å²) in [6.07, 6.45) is 5.90. The average Bonchev–Trinajstić information content (AvgIpc) is 3.03. The molecule has 7 heteroatoms. The van der Waals surface area contributed by atoms with Crippen LogP contribution in [0.2, 0.25) is 0 Å². The van der Waals surface area contributed by atoms with Gasteiger partial charge in [-0.3, -0.25) is 10.1 Å². The molecule has 2 aromatic rings. The van der Waals surface area contributed by atoms with Gasteiger partial charge in [0.15, 0.2) is 6.23 Å². The lowest BCUT2D eigenvalue weighted by Crippen LogP contribution is -2.15. The highest BCUT2D eigenvalue weighted by Gasteiger charge is 2.23. The van der Waals surface area contributed by atoms with Gasteiger partial charge >= 0.3 is 0 Å². The van der Waals surface area contributed by atoms with E-state index in [2.05, 4.69) is 4.98 Å². The molecular formula is C12H11N3O4. The number of nitro groups is 1. The summed E-state index contributed by atoms with van der Waals surface area (Å²) >= 11 is 0. The monoisotopic (exact) mass is 261 g/mol. The summed E-state index contributed by atoms with van der Waals surface area (Å²) in [7, 11) is 0. The summed E-state index contributed by atoms with van der Waals surface area (Å²) in [6.45, 7) is -0.0974. The minimum atomic E-state index is -0.434. The third kappa shape index (κ3) is 1.88. The maximum Gasteiger partial charge on any atom is 0.281 e. The van der Waals surface area contributed by atoms with Gasteiger partial charge in [-0.05, 0) is 12.1 Å². The quantitative estimate of drug-likeness (QED) is 0.512. The number of fused-ring (bicyclic) bond motifs is 1. The lowest BCUT2D eigenvalue weighted by atomic mass is 10.3. The van der Waals surface area contributed by atoms with Crippen molar-refractivity contribution in [3.63, 3.8) is 0 Å². The van der Waals surface area contributed by atoms with Gasteiger partial charge in [-0.2, -0.15) is 0 Å². The van der Waals surface area contributed by atoms with Gasteiger partial charge in [-0.1, -0.05) is 6.08 Å². The fourth-order valence-corrected chi connectivity index (χ4v) is 2.16. The highest BCUT2D eigenvalue weighted by Crippen LogP contribution is 2.29. The first-order chi connectivity index (χ1) is 9.20. The van der Waals surface area contributed by atoms with Crippen molar-refractivity contribution in [2.45, 2.75) is 12.3 Å². The van der Waals surface area contributed by atoms with Gasteiger partial charge in [0.05, 0.1) is 16.9 Å². The average molecular weight is 261 g/mol. The molecule has 0 aliphatic carbocycles. The molecule has 2 atom stereocenters. The van der Waals surface area contributed by atoms with E-state index in [9.17, 15) is 10.1 Å². The number of aromatic nitrogens is 2. The van der Waals surface area contributed by atoms with Gasteiger partial charge in [0.25, 0.3) is 5.69 Å². The molecule has 98 valence electrons. The number of hydrogen-bond donors (Lipinski definition) is 1. The summed E-state index contributed by atoms with van der Waals surface area (Å²) in [6, 6.07) is 3.01. The number of nitrogens with zero attached hydrogens (tertiary/aromatic N) is 3. The fourth-order valence-electron chi connectivity index (χ4n) is 2.16. The van der Waals surface area contributed by atoms with Crippen LogP contribution in [0, 0.1) is 10.1 Å². The van der Waals surface area contributed by atoms with Crippen molar-refractivity contribution < 1.29 is 14.8 Å². The molecule has 0 unspecified atom stereocenters. The first-order valence-corrected chi connectivity index (χ1v) is 5.75. The second-order valence-corrected chi connectivity index (χ2v) is 4.18. The van der Waals surface area contributed by atoms with Crippen molar-refractivity contribution in [2.24, 2.45) is 0 Å². The van der Waals surface area contributed by atoms with E-state index in [0.717, 1.165) is 0 Å². The van der Waals surface area contributed by atoms with Crippen LogP contribution in [0.5, 0.6) is 0 Å². The Balaban J connectivity index is 2.05. The lowest BCUT2D eigenvalue weighted by Gasteiger charge is -2.14. The maximum absolute atomic E-state index is 10.9. The van der Waals surface area contributed by atoms with Crippen molar-refractivity contribution in [3.8, 4) is 0 Å². The highest BCUT2D eigenvalue weighted by molar-refractivity contribution is 5.86. The Morgan fingerprint density at radius 3 is 3.00 bits per heavy atom. The molecule has 3 heterocycles. The molecule has 0 fully saturated rings. The van der Waals surface area contributed by atoms with E-state index >= 15 is 0 Å². The zero-order chi connectivity index (χ0) is 13.4. The van der Waals surface area contributed by atoms with Crippen molar-refractivity contribution in [1.82, 2.24) is 9.55 Å². The molecule has 19 heavy (non-hydrogen) atoms. The summed E-state index contributed by atoms with van der Waals surface area (Å²) in [4.78, 5) is 14.7. The number of aliphatic hydroxyl groups is 1. The SMILES string of the molecule is O=[N+]([O-])c1ccnc2c1ccn2[C@H]1C=C[C@@H](CO)O1. The van der Waals surface area contributed by atoms with E-state index in [1.54, 1.807) is 29.0 Å². The molecular weight excluding hydrogens is 250 g/mol. The van der Waals surface area contributed by atoms with Crippen molar-refractivity contribution in [1.29, 1.82) is 0 Å². The van der Waals surface area contributed by atoms with Crippen LogP contribution in [0.4, 0.5) is 5.69 Å². The van der Waals surface area contributed by atoms with Crippen LogP contribution in [0.25, 0.3) is 11.0 Å². The second kappa shape index (κ2) is 4.45. The zero-order valence-corrected chi connectivity index (χ0v) is 9.84. The van der Waals surface area contributed by atoms with Crippen LogP contribution in [0.1, 0.15) is 6.23 Å². The fraction of sp³-hybridized carbons (Fsp3) is 0.250. The molecule has 3 rings (SSSR count). The smallest absolute Gasteiger partial charge is 0.281 e. The number of ether oxygens (including phenoxy) is 1. The minimum absolute atomic E-state index is 0.0180. The normalized spacial score (nSPS) is 22.2. The Kier molecular flexibility index (Phi) is 2.77. The Morgan fingerprint density at radius 2 is 2.32 bits per heavy atom. The van der Waals surface area contributed by atoms with Crippen LogP contribution in [-0.4, -0.2) is 32.3 Å². The molecule has 1 aliphatic heterocycles. The van der Waals surface area contributed by atoms with Crippen molar-refractivity contribution >= 4 is 16.7 Å². The molecule has 0 saturated carbocycles. The molecule has 7 nitrogen and oxygen atoms in total. The maximum atomic E-state index is 10.9. The van der Waals surface area contributed by atoms with Gasteiger partial charge in [0.1, 0.15) is 11.8 Å². The molecule has 1 N–H and O–H groups in total. The number of pyridine rings is 1.